The Labute approximate surface area is 176 Å². The maximum absolute atomic E-state index is 12.6. The van der Waals surface area contributed by atoms with Gasteiger partial charge in [0, 0.05) is 13.1 Å². The third kappa shape index (κ3) is 6.01. The maximum Gasteiger partial charge on any atom is 0.338 e. The molecule has 0 aliphatic carbocycles. The highest BCUT2D eigenvalue weighted by Crippen LogP contribution is 2.39. The molecule has 1 heterocycles. The summed E-state index contributed by atoms with van der Waals surface area (Å²) in [6, 6.07) is 3.02. The van der Waals surface area contributed by atoms with Crippen LogP contribution in [0.4, 0.5) is 0 Å². The molecule has 1 atom stereocenters. The Bertz CT molecular complexity index is 739. The SMILES string of the molecule is CCOc1cc(C(=O)OCC(=O)N2CCC[C@H](C(N)=O)C2)cc(OCC)c1OCC. The van der Waals surface area contributed by atoms with E-state index in [-0.39, 0.29) is 23.9 Å². The molecule has 2 rings (SSSR count). The highest BCUT2D eigenvalue weighted by Gasteiger charge is 2.28. The fraction of sp³-hybridized carbons (Fsp3) is 0.571. The largest absolute Gasteiger partial charge is 0.490 e. The molecule has 0 radical (unpaired) electrons. The van der Waals surface area contributed by atoms with Crippen molar-refractivity contribution in [1.82, 2.24) is 4.90 Å². The van der Waals surface area contributed by atoms with Crippen LogP contribution in [0.15, 0.2) is 12.1 Å². The van der Waals surface area contributed by atoms with Crippen LogP contribution in [0.5, 0.6) is 17.2 Å². The van der Waals surface area contributed by atoms with Crippen molar-refractivity contribution in [3.63, 3.8) is 0 Å². The first-order valence-electron chi connectivity index (χ1n) is 10.2. The minimum absolute atomic E-state index is 0.187. The predicted molar refractivity (Wildman–Crippen MR) is 109 cm³/mol. The van der Waals surface area contributed by atoms with Gasteiger partial charge >= 0.3 is 5.97 Å². The van der Waals surface area contributed by atoms with E-state index >= 15 is 0 Å². The van der Waals surface area contributed by atoms with E-state index < -0.39 is 18.5 Å². The lowest BCUT2D eigenvalue weighted by molar-refractivity contribution is -0.137. The number of carbonyl (C=O) groups excluding carboxylic acids is 3. The Balaban J connectivity index is 2.10. The van der Waals surface area contributed by atoms with E-state index in [4.69, 9.17) is 24.7 Å². The van der Waals surface area contributed by atoms with E-state index in [9.17, 15) is 14.4 Å². The molecule has 0 bridgehead atoms. The van der Waals surface area contributed by atoms with Crippen molar-refractivity contribution in [2.45, 2.75) is 33.6 Å². The van der Waals surface area contributed by atoms with Gasteiger partial charge in [-0.15, -0.1) is 0 Å². The average Bonchev–Trinajstić information content (AvgIpc) is 2.74. The first-order chi connectivity index (χ1) is 14.4. The first-order valence-corrected chi connectivity index (χ1v) is 10.2. The third-order valence-corrected chi connectivity index (χ3v) is 4.65. The van der Waals surface area contributed by atoms with Gasteiger partial charge < -0.3 is 29.6 Å². The van der Waals surface area contributed by atoms with Gasteiger partial charge in [0.2, 0.25) is 11.7 Å². The summed E-state index contributed by atoms with van der Waals surface area (Å²) in [5, 5.41) is 0. The summed E-state index contributed by atoms with van der Waals surface area (Å²) in [5.74, 6) is -0.697. The smallest absolute Gasteiger partial charge is 0.338 e. The van der Waals surface area contributed by atoms with Gasteiger partial charge in [-0.05, 0) is 45.7 Å². The number of hydrogen-bond acceptors (Lipinski definition) is 7. The molecule has 0 aromatic heterocycles. The number of rotatable bonds is 10. The molecular formula is C21H30N2O7. The lowest BCUT2D eigenvalue weighted by Gasteiger charge is -2.31. The fourth-order valence-corrected chi connectivity index (χ4v) is 3.24. The van der Waals surface area contributed by atoms with Crippen molar-refractivity contribution >= 4 is 17.8 Å². The molecule has 30 heavy (non-hydrogen) atoms. The van der Waals surface area contributed by atoms with Crippen LogP contribution in [0.1, 0.15) is 44.0 Å². The minimum atomic E-state index is -0.684. The molecule has 1 saturated heterocycles. The summed E-state index contributed by atoms with van der Waals surface area (Å²) in [6.45, 7) is 6.95. The molecule has 1 aliphatic rings. The molecule has 0 spiro atoms. The minimum Gasteiger partial charge on any atom is -0.490 e. The Hall–Kier alpha value is -2.97. The summed E-state index contributed by atoms with van der Waals surface area (Å²) in [5.41, 5.74) is 5.53. The second kappa shape index (κ2) is 11.3. The monoisotopic (exact) mass is 422 g/mol. The number of piperidine rings is 1. The number of hydrogen-bond donors (Lipinski definition) is 1. The number of nitrogens with two attached hydrogens (primary N) is 1. The molecule has 2 N–H and O–H groups in total. The zero-order chi connectivity index (χ0) is 22.1. The van der Waals surface area contributed by atoms with Gasteiger partial charge in [0.25, 0.3) is 5.91 Å². The lowest BCUT2D eigenvalue weighted by Crippen LogP contribution is -2.45. The van der Waals surface area contributed by atoms with Crippen LogP contribution in [0.3, 0.4) is 0 Å². The summed E-state index contributed by atoms with van der Waals surface area (Å²) in [4.78, 5) is 37.9. The summed E-state index contributed by atoms with van der Waals surface area (Å²) >= 11 is 0. The maximum atomic E-state index is 12.6. The molecule has 0 unspecified atom stereocenters. The van der Waals surface area contributed by atoms with Crippen LogP contribution in [0, 0.1) is 5.92 Å². The van der Waals surface area contributed by atoms with E-state index in [0.717, 1.165) is 0 Å². The Morgan fingerprint density at radius 1 is 1.03 bits per heavy atom. The molecule has 0 saturated carbocycles. The third-order valence-electron chi connectivity index (χ3n) is 4.65. The van der Waals surface area contributed by atoms with Crippen LogP contribution < -0.4 is 19.9 Å². The Kier molecular flexibility index (Phi) is 8.76. The summed E-state index contributed by atoms with van der Waals surface area (Å²) in [7, 11) is 0. The predicted octanol–water partition coefficient (Wildman–Crippen LogP) is 1.76. The van der Waals surface area contributed by atoms with Gasteiger partial charge in [0.05, 0.1) is 31.3 Å². The lowest BCUT2D eigenvalue weighted by atomic mass is 9.97. The van der Waals surface area contributed by atoms with Crippen LogP contribution in [0.2, 0.25) is 0 Å². The van der Waals surface area contributed by atoms with Crippen LogP contribution >= 0.6 is 0 Å². The highest BCUT2D eigenvalue weighted by molar-refractivity contribution is 5.93. The second-order valence-electron chi connectivity index (χ2n) is 6.76. The van der Waals surface area contributed by atoms with Gasteiger partial charge in [-0.3, -0.25) is 9.59 Å². The first kappa shape index (κ1) is 23.3. The Morgan fingerprint density at radius 3 is 2.17 bits per heavy atom. The van der Waals surface area contributed by atoms with E-state index in [1.165, 1.54) is 17.0 Å². The molecule has 1 aromatic rings. The van der Waals surface area contributed by atoms with Crippen molar-refractivity contribution in [2.24, 2.45) is 11.7 Å². The zero-order valence-electron chi connectivity index (χ0n) is 17.8. The molecule has 1 aromatic carbocycles. The van der Waals surface area contributed by atoms with Gasteiger partial charge in [-0.2, -0.15) is 0 Å². The molecular weight excluding hydrogens is 392 g/mol. The number of carbonyl (C=O) groups is 3. The number of nitrogens with zero attached hydrogens (tertiary/aromatic N) is 1. The van der Waals surface area contributed by atoms with Crippen LogP contribution in [0.25, 0.3) is 0 Å². The fourth-order valence-electron chi connectivity index (χ4n) is 3.24. The summed E-state index contributed by atoms with van der Waals surface area (Å²) in [6.07, 6.45) is 1.34. The van der Waals surface area contributed by atoms with E-state index in [2.05, 4.69) is 0 Å². The molecule has 1 aliphatic heterocycles. The quantitative estimate of drug-likeness (QED) is 0.571. The van der Waals surface area contributed by atoms with E-state index in [1.807, 2.05) is 20.8 Å². The van der Waals surface area contributed by atoms with Crippen molar-refractivity contribution in [2.75, 3.05) is 39.5 Å². The standard InChI is InChI=1S/C21H30N2O7/c1-4-27-16-10-15(11-17(28-5-2)19(16)29-6-3)21(26)30-13-18(24)23-9-7-8-14(12-23)20(22)25/h10-11,14H,4-9,12-13H2,1-3H3,(H2,22,25)/t14-/m0/s1. The highest BCUT2D eigenvalue weighted by atomic mass is 16.5. The molecule has 2 amide bonds. The number of primary amides is 1. The number of benzene rings is 1. The van der Waals surface area contributed by atoms with E-state index in [1.54, 1.807) is 0 Å². The molecule has 9 nitrogen and oxygen atoms in total. The van der Waals surface area contributed by atoms with Gasteiger partial charge in [0.1, 0.15) is 0 Å². The van der Waals surface area contributed by atoms with Crippen LogP contribution in [-0.4, -0.2) is 62.2 Å². The second-order valence-corrected chi connectivity index (χ2v) is 6.76. The number of ether oxygens (including phenoxy) is 4. The normalized spacial score (nSPS) is 16.0. The molecule has 1 fully saturated rings. The molecule has 9 heteroatoms. The van der Waals surface area contributed by atoms with Gasteiger partial charge in [0.15, 0.2) is 18.1 Å². The topological polar surface area (TPSA) is 117 Å². The van der Waals surface area contributed by atoms with Crippen molar-refractivity contribution in [1.29, 1.82) is 0 Å². The van der Waals surface area contributed by atoms with Crippen molar-refractivity contribution in [3.05, 3.63) is 17.7 Å². The zero-order valence-corrected chi connectivity index (χ0v) is 17.8. The number of likely N-dealkylation sites (tertiary alicyclic amines) is 1. The van der Waals surface area contributed by atoms with Crippen molar-refractivity contribution < 1.29 is 33.3 Å². The van der Waals surface area contributed by atoms with Crippen LogP contribution in [-0.2, 0) is 14.3 Å². The summed E-state index contributed by atoms with van der Waals surface area (Å²) < 4.78 is 22.0. The number of amides is 2. The van der Waals surface area contributed by atoms with E-state index in [0.29, 0.717) is 56.5 Å². The van der Waals surface area contributed by atoms with Gasteiger partial charge in [-0.1, -0.05) is 0 Å². The average molecular weight is 422 g/mol. The Morgan fingerprint density at radius 2 is 1.63 bits per heavy atom. The number of esters is 1. The molecule has 166 valence electrons. The van der Waals surface area contributed by atoms with Crippen molar-refractivity contribution in [3.8, 4) is 17.2 Å². The van der Waals surface area contributed by atoms with Gasteiger partial charge in [-0.25, -0.2) is 4.79 Å².